The summed E-state index contributed by atoms with van der Waals surface area (Å²) in [4.78, 5) is 48.3. The van der Waals surface area contributed by atoms with Gasteiger partial charge in [-0.25, -0.2) is 9.80 Å². The highest BCUT2D eigenvalue weighted by Gasteiger charge is 2.30. The zero-order valence-electron chi connectivity index (χ0n) is 25.5. The van der Waals surface area contributed by atoms with Gasteiger partial charge in [0.05, 0.1) is 11.4 Å². The number of anilines is 2. The maximum atomic E-state index is 11.6. The number of hydrogen-bond acceptors (Lipinski definition) is 4. The Morgan fingerprint density at radius 2 is 0.778 bits per heavy atom. The molecule has 0 aromatic heterocycles. The molecule has 4 amide bonds. The first-order valence-corrected chi connectivity index (χ1v) is 14.6. The first-order valence-electron chi connectivity index (χ1n) is 14.6. The van der Waals surface area contributed by atoms with E-state index in [4.69, 9.17) is 0 Å². The van der Waals surface area contributed by atoms with Crippen LogP contribution in [0.4, 0.5) is 11.4 Å². The molecule has 0 saturated heterocycles. The molecule has 0 fully saturated rings. The number of hydrogen-bond donors (Lipinski definition) is 0. The molecule has 45 heavy (non-hydrogen) atoms. The van der Waals surface area contributed by atoms with Crippen molar-refractivity contribution in [3.63, 3.8) is 0 Å². The first kappa shape index (κ1) is 34.1. The topological polar surface area (TPSA) is 74.8 Å². The Morgan fingerprint density at radius 1 is 0.467 bits per heavy atom. The largest absolute Gasteiger partial charge is 0.269 e. The molecule has 0 spiro atoms. The number of nitrogens with zero attached hydrogens (tertiary/aromatic N) is 2. The standard InChI is InChI=1S/C16H18.2C11H9NO2.CH4/c1-3-13-5-9-15(10-6-13)16-11-7-14(4-2)8-12-16;2*1-8-7-10(13)12(11(8)14)9-5-3-2-4-6-9;/h5-12H,3-4H2,1-2H3;2*2-7H,1H3;1H4. The SMILES string of the molecule is C.CC1=CC(=O)N(c2ccccc2)C1=O.CC1=CC(=O)N(c2ccccc2)C1=O.CCc1ccc(-c2ccc(CC)cc2)cc1. The summed E-state index contributed by atoms with van der Waals surface area (Å²) in [7, 11) is 0. The Labute approximate surface area is 266 Å². The van der Waals surface area contributed by atoms with Gasteiger partial charge in [0.25, 0.3) is 23.6 Å². The fraction of sp³-hybridized carbons (Fsp3) is 0.179. The van der Waals surface area contributed by atoms with Crippen LogP contribution < -0.4 is 9.80 Å². The van der Waals surface area contributed by atoms with E-state index >= 15 is 0 Å². The van der Waals surface area contributed by atoms with Gasteiger partial charge in [-0.15, -0.1) is 0 Å². The lowest BCUT2D eigenvalue weighted by Gasteiger charge is -2.13. The smallest absolute Gasteiger partial charge is 0.261 e. The average Bonchev–Trinajstić information content (AvgIpc) is 3.48. The Kier molecular flexibility index (Phi) is 12.1. The van der Waals surface area contributed by atoms with E-state index in [2.05, 4.69) is 62.4 Å². The molecule has 2 aliphatic heterocycles. The Bertz CT molecular complexity index is 1560. The van der Waals surface area contributed by atoms with E-state index in [-0.39, 0.29) is 31.1 Å². The van der Waals surface area contributed by atoms with Gasteiger partial charge in [0.1, 0.15) is 0 Å². The highest BCUT2D eigenvalue weighted by Crippen LogP contribution is 2.23. The van der Waals surface area contributed by atoms with Crippen LogP contribution in [0, 0.1) is 0 Å². The summed E-state index contributed by atoms with van der Waals surface area (Å²) < 4.78 is 0. The number of aryl methyl sites for hydroxylation is 2. The molecule has 0 unspecified atom stereocenters. The van der Waals surface area contributed by atoms with E-state index in [9.17, 15) is 19.2 Å². The van der Waals surface area contributed by atoms with Gasteiger partial charge in [-0.1, -0.05) is 106 Å². The Hall–Kier alpha value is -5.36. The van der Waals surface area contributed by atoms with Gasteiger partial charge in [-0.2, -0.15) is 0 Å². The quantitative estimate of drug-likeness (QED) is 0.217. The zero-order chi connectivity index (χ0) is 31.6. The van der Waals surface area contributed by atoms with Gasteiger partial charge in [0.15, 0.2) is 0 Å². The molecule has 0 saturated carbocycles. The third-order valence-corrected chi connectivity index (χ3v) is 7.29. The van der Waals surface area contributed by atoms with Crippen molar-refractivity contribution in [2.24, 2.45) is 0 Å². The van der Waals surface area contributed by atoms with Crippen LogP contribution >= 0.6 is 0 Å². The van der Waals surface area contributed by atoms with Crippen molar-refractivity contribution >= 4 is 35.0 Å². The van der Waals surface area contributed by atoms with Gasteiger partial charge in [-0.3, -0.25) is 19.2 Å². The predicted octanol–water partition coefficient (Wildman–Crippen LogP) is 8.13. The fourth-order valence-electron chi connectivity index (χ4n) is 4.68. The highest BCUT2D eigenvalue weighted by atomic mass is 16.2. The summed E-state index contributed by atoms with van der Waals surface area (Å²) in [6.45, 7) is 7.66. The van der Waals surface area contributed by atoms with Crippen LogP contribution in [0.25, 0.3) is 11.1 Å². The molecule has 4 aromatic rings. The summed E-state index contributed by atoms with van der Waals surface area (Å²) in [6.07, 6.45) is 4.93. The van der Waals surface area contributed by atoms with Crippen molar-refractivity contribution in [1.82, 2.24) is 0 Å². The van der Waals surface area contributed by atoms with Crippen molar-refractivity contribution < 1.29 is 19.2 Å². The molecular formula is C39H40N2O4. The molecule has 4 aromatic carbocycles. The number of para-hydroxylation sites is 2. The normalized spacial score (nSPS) is 13.7. The van der Waals surface area contributed by atoms with Crippen LogP contribution in [0.3, 0.4) is 0 Å². The molecule has 2 aliphatic rings. The van der Waals surface area contributed by atoms with Crippen molar-refractivity contribution in [1.29, 1.82) is 0 Å². The molecule has 0 radical (unpaired) electrons. The minimum absolute atomic E-state index is 0. The Morgan fingerprint density at radius 3 is 1.02 bits per heavy atom. The first-order chi connectivity index (χ1) is 21.2. The lowest BCUT2D eigenvalue weighted by Crippen LogP contribution is -2.30. The van der Waals surface area contributed by atoms with E-state index in [0.29, 0.717) is 22.5 Å². The van der Waals surface area contributed by atoms with Crippen LogP contribution in [0.5, 0.6) is 0 Å². The second-order valence-corrected chi connectivity index (χ2v) is 10.4. The van der Waals surface area contributed by atoms with Crippen LogP contribution in [0.1, 0.15) is 46.2 Å². The molecule has 230 valence electrons. The average molecular weight is 601 g/mol. The van der Waals surface area contributed by atoms with Crippen molar-refractivity contribution in [2.45, 2.75) is 48.0 Å². The zero-order valence-corrected chi connectivity index (χ0v) is 25.5. The third-order valence-electron chi connectivity index (χ3n) is 7.29. The van der Waals surface area contributed by atoms with Gasteiger partial charge in [0.2, 0.25) is 0 Å². The van der Waals surface area contributed by atoms with Crippen LogP contribution in [-0.2, 0) is 32.0 Å². The summed E-state index contributed by atoms with van der Waals surface area (Å²) in [5.74, 6) is -1.00. The molecule has 0 aliphatic carbocycles. The van der Waals surface area contributed by atoms with Crippen LogP contribution in [0.15, 0.2) is 132 Å². The van der Waals surface area contributed by atoms with Crippen molar-refractivity contribution in [3.8, 4) is 11.1 Å². The molecule has 6 heteroatoms. The summed E-state index contributed by atoms with van der Waals surface area (Å²) >= 11 is 0. The van der Waals surface area contributed by atoms with Gasteiger partial charge in [-0.05, 0) is 73.2 Å². The minimum atomic E-state index is -0.265. The second kappa shape index (κ2) is 15.9. The number of carbonyl (C=O) groups excluding carboxylic acids is 4. The molecule has 0 N–H and O–H groups in total. The molecular weight excluding hydrogens is 560 g/mol. The van der Waals surface area contributed by atoms with Crippen LogP contribution in [0.2, 0.25) is 0 Å². The Balaban J connectivity index is 0.000000183. The van der Waals surface area contributed by atoms with E-state index in [1.165, 1.54) is 44.2 Å². The molecule has 0 atom stereocenters. The lowest BCUT2D eigenvalue weighted by atomic mass is 10.0. The van der Waals surface area contributed by atoms with Crippen molar-refractivity contribution in [2.75, 3.05) is 9.80 Å². The van der Waals surface area contributed by atoms with Crippen molar-refractivity contribution in [3.05, 3.63) is 144 Å². The number of benzene rings is 4. The van der Waals surface area contributed by atoms with E-state index in [1.807, 2.05) is 12.1 Å². The molecule has 6 nitrogen and oxygen atoms in total. The van der Waals surface area contributed by atoms with Crippen LogP contribution in [-0.4, -0.2) is 23.6 Å². The van der Waals surface area contributed by atoms with Gasteiger partial charge in [0, 0.05) is 23.3 Å². The maximum absolute atomic E-state index is 11.6. The lowest BCUT2D eigenvalue weighted by molar-refractivity contribution is -0.121. The predicted molar refractivity (Wildman–Crippen MR) is 183 cm³/mol. The summed E-state index contributed by atoms with van der Waals surface area (Å²) in [5.41, 5.74) is 7.62. The minimum Gasteiger partial charge on any atom is -0.269 e. The van der Waals surface area contributed by atoms with Gasteiger partial charge >= 0.3 is 0 Å². The third kappa shape index (κ3) is 8.39. The summed E-state index contributed by atoms with van der Waals surface area (Å²) in [5, 5.41) is 0. The molecule has 6 rings (SSSR count). The van der Waals surface area contributed by atoms with E-state index in [0.717, 1.165) is 12.8 Å². The molecule has 0 bridgehead atoms. The second-order valence-electron chi connectivity index (χ2n) is 10.4. The van der Waals surface area contributed by atoms with Gasteiger partial charge < -0.3 is 0 Å². The summed E-state index contributed by atoms with van der Waals surface area (Å²) in [6, 6.07) is 35.5. The van der Waals surface area contributed by atoms with E-state index in [1.54, 1.807) is 62.4 Å². The number of amides is 4. The highest BCUT2D eigenvalue weighted by molar-refractivity contribution is 6.31. The fourth-order valence-corrected chi connectivity index (χ4v) is 4.68. The number of rotatable bonds is 5. The number of carbonyl (C=O) groups is 4. The molecule has 2 heterocycles. The number of imide groups is 2. The maximum Gasteiger partial charge on any atom is 0.261 e. The monoisotopic (exact) mass is 600 g/mol. The van der Waals surface area contributed by atoms with E-state index < -0.39 is 0 Å².